The average molecular weight is 253 g/mol. The van der Waals surface area contributed by atoms with Gasteiger partial charge in [-0.15, -0.1) is 0 Å². The number of amides is 1. The van der Waals surface area contributed by atoms with Crippen molar-refractivity contribution in [1.29, 1.82) is 0 Å². The van der Waals surface area contributed by atoms with Crippen LogP contribution >= 0.6 is 0 Å². The van der Waals surface area contributed by atoms with Gasteiger partial charge in [-0.3, -0.25) is 14.4 Å². The Bertz CT molecular complexity index is 419. The van der Waals surface area contributed by atoms with Crippen molar-refractivity contribution in [2.24, 2.45) is 5.73 Å². The first kappa shape index (κ1) is 12.8. The standard InChI is InChI=1S/C11H19N5O2/c12-8-4-14-16(5-8)7-9(17)6-15-3-1-2-10(15)11(13)18/h4-5,9-10,17H,1-3,6-7,12H2,(H2,13,18). The van der Waals surface area contributed by atoms with Gasteiger partial charge in [0.05, 0.1) is 30.6 Å². The third-order valence-electron chi connectivity index (χ3n) is 3.19. The van der Waals surface area contributed by atoms with Gasteiger partial charge in [0.15, 0.2) is 0 Å². The maximum absolute atomic E-state index is 11.2. The molecule has 2 heterocycles. The lowest BCUT2D eigenvalue weighted by atomic mass is 10.2. The van der Waals surface area contributed by atoms with Gasteiger partial charge in [0.1, 0.15) is 0 Å². The predicted molar refractivity (Wildman–Crippen MR) is 66.4 cm³/mol. The van der Waals surface area contributed by atoms with Crippen LogP contribution in [0.15, 0.2) is 12.4 Å². The molecule has 1 fully saturated rings. The van der Waals surface area contributed by atoms with E-state index in [4.69, 9.17) is 11.5 Å². The number of anilines is 1. The zero-order valence-electron chi connectivity index (χ0n) is 10.2. The highest BCUT2D eigenvalue weighted by Crippen LogP contribution is 2.17. The first-order valence-electron chi connectivity index (χ1n) is 6.05. The van der Waals surface area contributed by atoms with E-state index in [2.05, 4.69) is 5.10 Å². The zero-order chi connectivity index (χ0) is 13.1. The van der Waals surface area contributed by atoms with E-state index in [1.54, 1.807) is 10.9 Å². The van der Waals surface area contributed by atoms with E-state index in [9.17, 15) is 9.90 Å². The lowest BCUT2D eigenvalue weighted by molar-refractivity contribution is -0.122. The molecular weight excluding hydrogens is 234 g/mol. The third kappa shape index (κ3) is 2.99. The van der Waals surface area contributed by atoms with Crippen molar-refractivity contribution in [2.75, 3.05) is 18.8 Å². The van der Waals surface area contributed by atoms with Crippen LogP contribution < -0.4 is 11.5 Å². The molecule has 18 heavy (non-hydrogen) atoms. The van der Waals surface area contributed by atoms with E-state index in [1.165, 1.54) is 6.20 Å². The molecule has 0 aliphatic carbocycles. The van der Waals surface area contributed by atoms with Gasteiger partial charge in [-0.05, 0) is 19.4 Å². The lowest BCUT2D eigenvalue weighted by Gasteiger charge is -2.24. The lowest BCUT2D eigenvalue weighted by Crippen LogP contribution is -2.44. The fraction of sp³-hybridized carbons (Fsp3) is 0.636. The summed E-state index contributed by atoms with van der Waals surface area (Å²) in [6.45, 7) is 1.58. The van der Waals surface area contributed by atoms with Crippen LogP contribution in [0.4, 0.5) is 5.69 Å². The highest BCUT2D eigenvalue weighted by atomic mass is 16.3. The first-order chi connectivity index (χ1) is 8.56. The molecule has 1 aromatic heterocycles. The van der Waals surface area contributed by atoms with Crippen LogP contribution in [0.1, 0.15) is 12.8 Å². The largest absolute Gasteiger partial charge is 0.396 e. The summed E-state index contributed by atoms with van der Waals surface area (Å²) in [6, 6.07) is -0.248. The second kappa shape index (κ2) is 5.36. The number of carbonyl (C=O) groups excluding carboxylic acids is 1. The molecule has 2 rings (SSSR count). The third-order valence-corrected chi connectivity index (χ3v) is 3.19. The van der Waals surface area contributed by atoms with Crippen LogP contribution in [0, 0.1) is 0 Å². The Labute approximate surface area is 105 Å². The van der Waals surface area contributed by atoms with Crippen molar-refractivity contribution >= 4 is 11.6 Å². The molecule has 0 saturated carbocycles. The molecule has 0 radical (unpaired) electrons. The topological polar surface area (TPSA) is 110 Å². The summed E-state index contributed by atoms with van der Waals surface area (Å²) in [5, 5.41) is 14.0. The summed E-state index contributed by atoms with van der Waals surface area (Å²) in [7, 11) is 0. The maximum Gasteiger partial charge on any atom is 0.234 e. The van der Waals surface area contributed by atoms with Crippen molar-refractivity contribution in [3.8, 4) is 0 Å². The van der Waals surface area contributed by atoms with Crippen LogP contribution in [0.25, 0.3) is 0 Å². The van der Waals surface area contributed by atoms with Gasteiger partial charge in [-0.1, -0.05) is 0 Å². The highest BCUT2D eigenvalue weighted by Gasteiger charge is 2.30. The minimum Gasteiger partial charge on any atom is -0.396 e. The van der Waals surface area contributed by atoms with Crippen molar-refractivity contribution in [3.63, 3.8) is 0 Å². The Kier molecular flexibility index (Phi) is 3.83. The molecular formula is C11H19N5O2. The highest BCUT2D eigenvalue weighted by molar-refractivity contribution is 5.80. The van der Waals surface area contributed by atoms with Crippen molar-refractivity contribution in [3.05, 3.63) is 12.4 Å². The molecule has 5 N–H and O–H groups in total. The number of likely N-dealkylation sites (tertiary alicyclic amines) is 1. The summed E-state index contributed by atoms with van der Waals surface area (Å²) in [6.07, 6.45) is 4.32. The smallest absolute Gasteiger partial charge is 0.234 e. The van der Waals surface area contributed by atoms with E-state index >= 15 is 0 Å². The quantitative estimate of drug-likeness (QED) is 0.609. The number of hydrogen-bond donors (Lipinski definition) is 3. The van der Waals surface area contributed by atoms with Crippen LogP contribution in [-0.4, -0.2) is 50.9 Å². The average Bonchev–Trinajstić information content (AvgIpc) is 2.87. The van der Waals surface area contributed by atoms with E-state index in [1.807, 2.05) is 4.90 Å². The van der Waals surface area contributed by atoms with Gasteiger partial charge < -0.3 is 16.6 Å². The molecule has 7 nitrogen and oxygen atoms in total. The predicted octanol–water partition coefficient (Wildman–Crippen LogP) is -1.22. The molecule has 0 spiro atoms. The normalized spacial score (nSPS) is 22.2. The van der Waals surface area contributed by atoms with E-state index < -0.39 is 6.10 Å². The SMILES string of the molecule is NC(=O)C1CCCN1CC(O)Cn1cc(N)cn1. The van der Waals surface area contributed by atoms with E-state index in [0.29, 0.717) is 18.8 Å². The molecule has 2 unspecified atom stereocenters. The molecule has 1 aromatic rings. The molecule has 1 saturated heterocycles. The van der Waals surface area contributed by atoms with E-state index in [-0.39, 0.29) is 11.9 Å². The van der Waals surface area contributed by atoms with Crippen LogP contribution in [0.3, 0.4) is 0 Å². The Morgan fingerprint density at radius 1 is 1.61 bits per heavy atom. The minimum absolute atomic E-state index is 0.248. The second-order valence-corrected chi connectivity index (χ2v) is 4.70. The maximum atomic E-state index is 11.2. The Morgan fingerprint density at radius 2 is 2.39 bits per heavy atom. The van der Waals surface area contributed by atoms with Gasteiger partial charge in [-0.2, -0.15) is 5.10 Å². The molecule has 7 heteroatoms. The summed E-state index contributed by atoms with van der Waals surface area (Å²) in [5.41, 5.74) is 11.4. The molecule has 1 aliphatic heterocycles. The van der Waals surface area contributed by atoms with Gasteiger partial charge in [0, 0.05) is 12.7 Å². The van der Waals surface area contributed by atoms with Gasteiger partial charge in [0.2, 0.25) is 5.91 Å². The van der Waals surface area contributed by atoms with Crippen molar-refractivity contribution in [2.45, 2.75) is 31.5 Å². The van der Waals surface area contributed by atoms with Gasteiger partial charge in [-0.25, -0.2) is 0 Å². The molecule has 1 aliphatic rings. The summed E-state index contributed by atoms with van der Waals surface area (Å²) in [4.78, 5) is 13.2. The summed E-state index contributed by atoms with van der Waals surface area (Å²) < 4.78 is 1.59. The Balaban J connectivity index is 1.87. The second-order valence-electron chi connectivity index (χ2n) is 4.70. The van der Waals surface area contributed by atoms with Crippen LogP contribution in [0.5, 0.6) is 0 Å². The molecule has 0 bridgehead atoms. The molecule has 100 valence electrons. The van der Waals surface area contributed by atoms with Crippen LogP contribution in [-0.2, 0) is 11.3 Å². The number of aliphatic hydroxyl groups is 1. The summed E-state index contributed by atoms with van der Waals surface area (Å²) >= 11 is 0. The van der Waals surface area contributed by atoms with Crippen molar-refractivity contribution in [1.82, 2.24) is 14.7 Å². The van der Waals surface area contributed by atoms with Crippen molar-refractivity contribution < 1.29 is 9.90 Å². The number of aliphatic hydroxyl groups excluding tert-OH is 1. The number of nitrogens with zero attached hydrogens (tertiary/aromatic N) is 3. The van der Waals surface area contributed by atoms with E-state index in [0.717, 1.165) is 19.4 Å². The number of rotatable bonds is 5. The minimum atomic E-state index is -0.593. The summed E-state index contributed by atoms with van der Waals surface area (Å²) in [5.74, 6) is -0.317. The zero-order valence-corrected chi connectivity index (χ0v) is 10.2. The first-order valence-corrected chi connectivity index (χ1v) is 6.05. The van der Waals surface area contributed by atoms with Crippen LogP contribution in [0.2, 0.25) is 0 Å². The fourth-order valence-corrected chi connectivity index (χ4v) is 2.39. The molecule has 1 amide bonds. The monoisotopic (exact) mass is 253 g/mol. The number of hydrogen-bond acceptors (Lipinski definition) is 5. The fourth-order valence-electron chi connectivity index (χ4n) is 2.39. The Morgan fingerprint density at radius 3 is 3.00 bits per heavy atom. The molecule has 0 aromatic carbocycles. The number of aromatic nitrogens is 2. The number of nitrogens with two attached hydrogens (primary N) is 2. The number of primary amides is 1. The Hall–Kier alpha value is -1.60. The number of β-amino-alcohol motifs (C(OH)–C–C–N with tert-alkyl or cyclic N) is 1. The number of carbonyl (C=O) groups is 1. The number of nitrogen functional groups attached to an aromatic ring is 1. The van der Waals surface area contributed by atoms with Gasteiger partial charge >= 0.3 is 0 Å². The molecule has 2 atom stereocenters. The van der Waals surface area contributed by atoms with Gasteiger partial charge in [0.25, 0.3) is 0 Å².